The molecule has 0 aliphatic carbocycles. The first-order valence-electron chi connectivity index (χ1n) is 12.8. The molecule has 2 aliphatic rings. The molecule has 0 unspecified atom stereocenters. The molecule has 0 spiro atoms. The van der Waals surface area contributed by atoms with Gasteiger partial charge in [0.2, 0.25) is 11.6 Å². The second-order valence-corrected chi connectivity index (χ2v) is 9.81. The molecule has 4 heterocycles. The molecule has 2 aliphatic heterocycles. The van der Waals surface area contributed by atoms with Crippen LogP contribution in [0.5, 0.6) is 0 Å². The first-order chi connectivity index (χ1) is 20.3. The molecular formula is C26H25F7N6O4. The molecule has 0 bridgehead atoms. The van der Waals surface area contributed by atoms with Gasteiger partial charge in [-0.25, -0.2) is 13.6 Å². The van der Waals surface area contributed by atoms with E-state index < -0.39 is 41.9 Å². The molecule has 5 rings (SSSR count). The van der Waals surface area contributed by atoms with Crippen molar-refractivity contribution in [1.82, 2.24) is 25.4 Å². The van der Waals surface area contributed by atoms with Gasteiger partial charge in [0.1, 0.15) is 5.82 Å². The zero-order valence-electron chi connectivity index (χ0n) is 22.2. The topological polar surface area (TPSA) is 125 Å². The smallest absolute Gasteiger partial charge is 0.475 e. The van der Waals surface area contributed by atoms with Gasteiger partial charge < -0.3 is 19.7 Å². The van der Waals surface area contributed by atoms with Gasteiger partial charge in [-0.2, -0.15) is 22.0 Å². The lowest BCUT2D eigenvalue weighted by Gasteiger charge is -2.49. The minimum Gasteiger partial charge on any atom is -0.475 e. The predicted octanol–water partition coefficient (Wildman–Crippen LogP) is 4.15. The van der Waals surface area contributed by atoms with Gasteiger partial charge >= 0.3 is 18.6 Å². The summed E-state index contributed by atoms with van der Waals surface area (Å²) in [6.07, 6.45) is -4.85. The second-order valence-electron chi connectivity index (χ2n) is 9.81. The Kier molecular flexibility index (Phi) is 9.64. The number of alkyl halides is 6. The summed E-state index contributed by atoms with van der Waals surface area (Å²) in [7, 11) is 0. The van der Waals surface area contributed by atoms with E-state index in [-0.39, 0.29) is 37.3 Å². The van der Waals surface area contributed by atoms with Crippen LogP contribution >= 0.6 is 0 Å². The van der Waals surface area contributed by atoms with Crippen LogP contribution in [0.4, 0.5) is 36.4 Å². The number of carboxylic acids is 1. The summed E-state index contributed by atoms with van der Waals surface area (Å²) in [5.41, 5.74) is -1.20. The highest BCUT2D eigenvalue weighted by atomic mass is 19.4. The standard InChI is InChI=1S/C24H24F4N6O2.C2HF3O2/c25-16-2-1-3-19(10-16)34(23(35)24(28)13-33(14-24)18-6-8-29-9-7-18)12-17-5-4-15(11-30-17)21-31-32-22(36-21)20(26)27;3-2(4,5)1(6)7/h1-5,10-11,18,20,29H,6-9,12-14H2;(H,6,7). The number of hydrogen-bond acceptors (Lipinski definition) is 8. The van der Waals surface area contributed by atoms with Crippen LogP contribution in [0, 0.1) is 5.82 Å². The largest absolute Gasteiger partial charge is 0.490 e. The van der Waals surface area contributed by atoms with E-state index in [1.807, 2.05) is 4.90 Å². The van der Waals surface area contributed by atoms with Crippen LogP contribution in [-0.4, -0.2) is 81.1 Å². The molecule has 2 aromatic heterocycles. The lowest BCUT2D eigenvalue weighted by Crippen LogP contribution is -2.69. The average molecular weight is 619 g/mol. The van der Waals surface area contributed by atoms with Gasteiger partial charge in [0.05, 0.1) is 17.8 Å². The summed E-state index contributed by atoms with van der Waals surface area (Å²) < 4.78 is 91.8. The zero-order valence-corrected chi connectivity index (χ0v) is 22.2. The van der Waals surface area contributed by atoms with Crippen LogP contribution < -0.4 is 10.2 Å². The van der Waals surface area contributed by atoms with Crippen molar-refractivity contribution >= 4 is 17.6 Å². The number of likely N-dealkylation sites (tertiary alicyclic amines) is 1. The van der Waals surface area contributed by atoms with E-state index in [1.54, 1.807) is 0 Å². The molecule has 2 fully saturated rings. The fourth-order valence-electron chi connectivity index (χ4n) is 4.57. The van der Waals surface area contributed by atoms with Gasteiger partial charge in [0, 0.05) is 31.0 Å². The van der Waals surface area contributed by atoms with E-state index >= 15 is 4.39 Å². The lowest BCUT2D eigenvalue weighted by molar-refractivity contribution is -0.192. The maximum absolute atomic E-state index is 15.7. The maximum Gasteiger partial charge on any atom is 0.490 e. The molecule has 0 atom stereocenters. The van der Waals surface area contributed by atoms with Crippen molar-refractivity contribution in [3.05, 3.63) is 60.0 Å². The van der Waals surface area contributed by atoms with Crippen molar-refractivity contribution in [2.75, 3.05) is 31.1 Å². The van der Waals surface area contributed by atoms with Crippen LogP contribution in [0.15, 0.2) is 47.0 Å². The Labute approximate surface area is 239 Å². The lowest BCUT2D eigenvalue weighted by atomic mass is 9.89. The fourth-order valence-corrected chi connectivity index (χ4v) is 4.57. The van der Waals surface area contributed by atoms with Crippen molar-refractivity contribution in [3.63, 3.8) is 0 Å². The molecular weight excluding hydrogens is 593 g/mol. The van der Waals surface area contributed by atoms with E-state index in [0.29, 0.717) is 11.3 Å². The second kappa shape index (κ2) is 13.0. The summed E-state index contributed by atoms with van der Waals surface area (Å²) >= 11 is 0. The van der Waals surface area contributed by atoms with Crippen LogP contribution in [-0.2, 0) is 16.1 Å². The number of carbonyl (C=O) groups is 2. The minimum atomic E-state index is -5.08. The number of carbonyl (C=O) groups excluding carboxylic acids is 1. The highest BCUT2D eigenvalue weighted by Gasteiger charge is 2.53. The van der Waals surface area contributed by atoms with Crippen molar-refractivity contribution < 1.29 is 49.8 Å². The number of aliphatic carboxylic acids is 1. The Balaban J connectivity index is 0.000000541. The number of benzene rings is 1. The number of hydrogen-bond donors (Lipinski definition) is 2. The summed E-state index contributed by atoms with van der Waals surface area (Å²) in [4.78, 5) is 29.7. The monoisotopic (exact) mass is 618 g/mol. The van der Waals surface area contributed by atoms with Gasteiger partial charge in [-0.3, -0.25) is 14.7 Å². The third kappa shape index (κ3) is 7.84. The zero-order chi connectivity index (χ0) is 31.4. The average Bonchev–Trinajstić information content (AvgIpc) is 3.45. The predicted molar refractivity (Wildman–Crippen MR) is 135 cm³/mol. The molecule has 232 valence electrons. The van der Waals surface area contributed by atoms with E-state index in [2.05, 4.69) is 20.5 Å². The van der Waals surface area contributed by atoms with Gasteiger partial charge in [0.25, 0.3) is 11.8 Å². The minimum absolute atomic E-state index is 0.0156. The Morgan fingerprint density at radius 2 is 1.81 bits per heavy atom. The molecule has 2 N–H and O–H groups in total. The Morgan fingerprint density at radius 3 is 2.35 bits per heavy atom. The van der Waals surface area contributed by atoms with E-state index in [4.69, 9.17) is 14.3 Å². The summed E-state index contributed by atoms with van der Waals surface area (Å²) in [6, 6.07) is 8.68. The van der Waals surface area contributed by atoms with Crippen molar-refractivity contribution in [2.45, 2.75) is 43.7 Å². The first-order valence-corrected chi connectivity index (χ1v) is 12.8. The van der Waals surface area contributed by atoms with Crippen molar-refractivity contribution in [2.24, 2.45) is 0 Å². The number of rotatable bonds is 7. The molecule has 0 saturated carbocycles. The molecule has 3 aromatic rings. The number of halogens is 7. The normalized spacial score (nSPS) is 17.1. The first kappa shape index (κ1) is 31.8. The third-order valence-corrected chi connectivity index (χ3v) is 6.74. The number of anilines is 1. The number of amides is 1. The van der Waals surface area contributed by atoms with E-state index in [1.165, 1.54) is 47.5 Å². The molecule has 43 heavy (non-hydrogen) atoms. The van der Waals surface area contributed by atoms with E-state index in [0.717, 1.165) is 25.9 Å². The quantitative estimate of drug-likeness (QED) is 0.376. The molecule has 17 heteroatoms. The van der Waals surface area contributed by atoms with Gasteiger partial charge in [-0.05, 0) is 56.3 Å². The van der Waals surface area contributed by atoms with Gasteiger partial charge in [0.15, 0.2) is 0 Å². The fraction of sp³-hybridized carbons (Fsp3) is 0.423. The molecule has 2 saturated heterocycles. The van der Waals surface area contributed by atoms with Crippen molar-refractivity contribution in [3.8, 4) is 11.5 Å². The van der Waals surface area contributed by atoms with Crippen LogP contribution in [0.25, 0.3) is 11.5 Å². The van der Waals surface area contributed by atoms with E-state index in [9.17, 15) is 31.1 Å². The van der Waals surface area contributed by atoms with Gasteiger partial charge in [-0.1, -0.05) is 6.07 Å². The van der Waals surface area contributed by atoms with Crippen molar-refractivity contribution in [1.29, 1.82) is 0 Å². The number of nitrogens with one attached hydrogen (secondary N) is 1. The summed E-state index contributed by atoms with van der Waals surface area (Å²) in [5, 5.41) is 17.3. The summed E-state index contributed by atoms with van der Waals surface area (Å²) in [5.74, 6) is -5.00. The SMILES string of the molecule is O=C(N(Cc1ccc(-c2nnc(C(F)F)o2)cn1)c1cccc(F)c1)C1(F)CN(C2CCNCC2)C1.O=C(O)C(F)(F)F. The molecule has 0 radical (unpaired) electrons. The number of nitrogens with zero attached hydrogens (tertiary/aromatic N) is 5. The van der Waals surface area contributed by atoms with Crippen LogP contribution in [0.1, 0.15) is 30.9 Å². The highest BCUT2D eigenvalue weighted by Crippen LogP contribution is 2.34. The van der Waals surface area contributed by atoms with Gasteiger partial charge in [-0.15, -0.1) is 10.2 Å². The Hall–Kier alpha value is -4.12. The van der Waals surface area contributed by atoms with Crippen LogP contribution in [0.2, 0.25) is 0 Å². The highest BCUT2D eigenvalue weighted by molar-refractivity contribution is 6.00. The molecule has 10 nitrogen and oxygen atoms in total. The third-order valence-electron chi connectivity index (χ3n) is 6.74. The number of piperidine rings is 1. The summed E-state index contributed by atoms with van der Waals surface area (Å²) in [6.45, 7) is 1.57. The number of aromatic nitrogens is 3. The maximum atomic E-state index is 15.7. The molecule has 1 aromatic carbocycles. The van der Waals surface area contributed by atoms with Crippen LogP contribution in [0.3, 0.4) is 0 Å². The Bertz CT molecular complexity index is 1410. The Morgan fingerprint density at radius 1 is 1.14 bits per heavy atom. The molecule has 1 amide bonds. The number of pyridine rings is 1. The number of carboxylic acid groups (broad SMARTS) is 1.